The molecular weight excluding hydrogens is 362 g/mol. The van der Waals surface area contributed by atoms with Crippen LogP contribution in [0.15, 0.2) is 59.5 Å². The molecule has 0 saturated carbocycles. The molecule has 0 aliphatic carbocycles. The first-order valence-corrected chi connectivity index (χ1v) is 10.5. The molecule has 0 fully saturated rings. The van der Waals surface area contributed by atoms with Crippen LogP contribution in [0.4, 0.5) is 5.69 Å². The quantitative estimate of drug-likeness (QED) is 0.646. The molecular formula is C20H27N3O3S. The van der Waals surface area contributed by atoms with Crippen molar-refractivity contribution in [3.63, 3.8) is 0 Å². The van der Waals surface area contributed by atoms with Crippen LogP contribution in [-0.4, -0.2) is 20.4 Å². The molecule has 146 valence electrons. The highest BCUT2D eigenvalue weighted by Gasteiger charge is 2.20. The molecule has 2 aromatic rings. The third-order valence-electron chi connectivity index (χ3n) is 4.18. The molecule has 2 rings (SSSR count). The van der Waals surface area contributed by atoms with Crippen molar-refractivity contribution in [1.29, 1.82) is 0 Å². The summed E-state index contributed by atoms with van der Waals surface area (Å²) in [7, 11) is -3.82. The lowest BCUT2D eigenvalue weighted by molar-refractivity contribution is -0.118. The van der Waals surface area contributed by atoms with Gasteiger partial charge in [0.15, 0.2) is 0 Å². The summed E-state index contributed by atoms with van der Waals surface area (Å²) in [4.78, 5) is 12.5. The van der Waals surface area contributed by atoms with Crippen LogP contribution in [0, 0.1) is 5.92 Å². The van der Waals surface area contributed by atoms with Crippen LogP contribution in [0.2, 0.25) is 0 Å². The van der Waals surface area contributed by atoms with E-state index in [1.54, 1.807) is 19.1 Å². The number of hydrogen-bond donors (Lipinski definition) is 3. The van der Waals surface area contributed by atoms with Gasteiger partial charge in [-0.25, -0.2) is 13.6 Å². The Balaban J connectivity index is 2.09. The average molecular weight is 390 g/mol. The number of anilines is 1. The van der Waals surface area contributed by atoms with Crippen molar-refractivity contribution in [1.82, 2.24) is 5.32 Å². The Morgan fingerprint density at radius 3 is 2.30 bits per heavy atom. The van der Waals surface area contributed by atoms with Crippen molar-refractivity contribution in [2.45, 2.75) is 44.2 Å². The van der Waals surface area contributed by atoms with Crippen molar-refractivity contribution < 1.29 is 13.2 Å². The van der Waals surface area contributed by atoms with Gasteiger partial charge in [0.05, 0.1) is 10.9 Å². The molecule has 4 N–H and O–H groups in total. The van der Waals surface area contributed by atoms with E-state index in [0.717, 1.165) is 12.0 Å². The molecule has 0 aliphatic rings. The maximum Gasteiger partial charge on any atom is 0.241 e. The summed E-state index contributed by atoms with van der Waals surface area (Å²) in [5.74, 6) is 0.218. The summed E-state index contributed by atoms with van der Waals surface area (Å²) in [6.45, 7) is 6.07. The van der Waals surface area contributed by atoms with Gasteiger partial charge in [-0.2, -0.15) is 0 Å². The smallest absolute Gasteiger partial charge is 0.241 e. The van der Waals surface area contributed by atoms with Gasteiger partial charge >= 0.3 is 0 Å². The summed E-state index contributed by atoms with van der Waals surface area (Å²) in [5, 5.41) is 11.3. The van der Waals surface area contributed by atoms with Crippen molar-refractivity contribution in [2.75, 3.05) is 5.32 Å². The third kappa shape index (κ3) is 6.46. The van der Waals surface area contributed by atoms with E-state index in [1.165, 1.54) is 12.1 Å². The lowest BCUT2D eigenvalue weighted by Gasteiger charge is -2.25. The molecule has 0 aliphatic heterocycles. The molecule has 2 atom stereocenters. The second kappa shape index (κ2) is 9.12. The molecule has 6 nitrogen and oxygen atoms in total. The Bertz CT molecular complexity index is 867. The van der Waals surface area contributed by atoms with E-state index in [1.807, 2.05) is 30.3 Å². The fourth-order valence-electron chi connectivity index (χ4n) is 2.84. The maximum atomic E-state index is 12.6. The van der Waals surface area contributed by atoms with E-state index in [0.29, 0.717) is 11.6 Å². The minimum absolute atomic E-state index is 0.0390. The van der Waals surface area contributed by atoms with Crippen LogP contribution < -0.4 is 15.8 Å². The van der Waals surface area contributed by atoms with E-state index in [2.05, 4.69) is 24.5 Å². The van der Waals surface area contributed by atoms with Crippen LogP contribution in [-0.2, 0) is 14.8 Å². The molecule has 0 heterocycles. The zero-order valence-corrected chi connectivity index (χ0v) is 16.7. The van der Waals surface area contributed by atoms with Gasteiger partial charge in [0.25, 0.3) is 0 Å². The number of hydrogen-bond acceptors (Lipinski definition) is 4. The van der Waals surface area contributed by atoms with Gasteiger partial charge in [-0.05, 0) is 43.0 Å². The summed E-state index contributed by atoms with van der Waals surface area (Å²) in [6.07, 6.45) is 0.891. The van der Waals surface area contributed by atoms with Crippen molar-refractivity contribution >= 4 is 21.6 Å². The average Bonchev–Trinajstić information content (AvgIpc) is 2.61. The number of sulfonamides is 1. The van der Waals surface area contributed by atoms with E-state index in [4.69, 9.17) is 5.14 Å². The largest absolute Gasteiger partial charge is 0.325 e. The number of rotatable bonds is 8. The van der Waals surface area contributed by atoms with Gasteiger partial charge < -0.3 is 5.32 Å². The van der Waals surface area contributed by atoms with Crippen LogP contribution in [0.1, 0.15) is 38.8 Å². The highest BCUT2D eigenvalue weighted by molar-refractivity contribution is 7.89. The number of carbonyl (C=O) groups excluding carboxylic acids is 1. The Hall–Kier alpha value is -2.22. The molecule has 1 amide bonds. The molecule has 2 aromatic carbocycles. The van der Waals surface area contributed by atoms with Gasteiger partial charge in [-0.3, -0.25) is 10.1 Å². The molecule has 27 heavy (non-hydrogen) atoms. The first-order valence-electron chi connectivity index (χ1n) is 8.91. The van der Waals surface area contributed by atoms with Crippen molar-refractivity contribution in [3.8, 4) is 0 Å². The number of nitrogens with two attached hydrogens (primary N) is 1. The van der Waals surface area contributed by atoms with Gasteiger partial charge in [-0.1, -0.05) is 50.2 Å². The SMILES string of the molecule is CC(C)C[C@H](N[C@H](C)C(=O)Nc1cccc(S(N)(=O)=O)c1)c1ccccc1. The zero-order valence-electron chi connectivity index (χ0n) is 15.8. The van der Waals surface area contributed by atoms with Gasteiger partial charge in [0.2, 0.25) is 15.9 Å². The van der Waals surface area contributed by atoms with Crippen LogP contribution in [0.3, 0.4) is 0 Å². The van der Waals surface area contributed by atoms with E-state index < -0.39 is 16.1 Å². The molecule has 0 aromatic heterocycles. The molecule has 0 unspecified atom stereocenters. The van der Waals surface area contributed by atoms with Gasteiger partial charge in [0.1, 0.15) is 0 Å². The number of amides is 1. The minimum Gasteiger partial charge on any atom is -0.325 e. The first kappa shape index (κ1) is 21.1. The zero-order chi connectivity index (χ0) is 20.0. The standard InChI is InChI=1S/C20H27N3O3S/c1-14(2)12-19(16-8-5-4-6-9-16)22-15(3)20(24)23-17-10-7-11-18(13-17)27(21,25)26/h4-11,13-15,19,22H,12H2,1-3H3,(H,23,24)(H2,21,25,26)/t15-,19+/m1/s1. The van der Waals surface area contributed by atoms with E-state index >= 15 is 0 Å². The number of benzene rings is 2. The van der Waals surface area contributed by atoms with E-state index in [-0.39, 0.29) is 16.8 Å². The highest BCUT2D eigenvalue weighted by Crippen LogP contribution is 2.22. The fourth-order valence-corrected chi connectivity index (χ4v) is 3.40. The lowest BCUT2D eigenvalue weighted by Crippen LogP contribution is -2.40. The Morgan fingerprint density at radius 1 is 1.04 bits per heavy atom. The molecule has 0 saturated heterocycles. The summed E-state index contributed by atoms with van der Waals surface area (Å²) < 4.78 is 22.9. The Morgan fingerprint density at radius 2 is 1.70 bits per heavy atom. The van der Waals surface area contributed by atoms with Gasteiger partial charge in [-0.15, -0.1) is 0 Å². The van der Waals surface area contributed by atoms with Crippen molar-refractivity contribution in [3.05, 3.63) is 60.2 Å². The molecule has 7 heteroatoms. The predicted octanol–water partition coefficient (Wildman–Crippen LogP) is 3.04. The number of nitrogens with one attached hydrogen (secondary N) is 2. The maximum absolute atomic E-state index is 12.6. The second-order valence-electron chi connectivity index (χ2n) is 7.04. The lowest BCUT2D eigenvalue weighted by atomic mass is 9.96. The Kier molecular flexibility index (Phi) is 7.12. The first-order chi connectivity index (χ1) is 12.7. The van der Waals surface area contributed by atoms with Crippen LogP contribution in [0.5, 0.6) is 0 Å². The monoisotopic (exact) mass is 389 g/mol. The Labute approximate surface area is 161 Å². The summed E-state index contributed by atoms with van der Waals surface area (Å²) in [5.41, 5.74) is 1.52. The second-order valence-corrected chi connectivity index (χ2v) is 8.60. The predicted molar refractivity (Wildman–Crippen MR) is 108 cm³/mol. The topological polar surface area (TPSA) is 101 Å². The van der Waals surface area contributed by atoms with Gasteiger partial charge in [0, 0.05) is 11.7 Å². The van der Waals surface area contributed by atoms with E-state index in [9.17, 15) is 13.2 Å². The van der Waals surface area contributed by atoms with Crippen molar-refractivity contribution in [2.24, 2.45) is 11.1 Å². The number of primary sulfonamides is 1. The third-order valence-corrected chi connectivity index (χ3v) is 5.09. The molecule has 0 radical (unpaired) electrons. The van der Waals surface area contributed by atoms with Crippen LogP contribution >= 0.6 is 0 Å². The normalized spacial score (nSPS) is 14.0. The number of carbonyl (C=O) groups is 1. The summed E-state index contributed by atoms with van der Waals surface area (Å²) >= 11 is 0. The molecule has 0 spiro atoms. The fraction of sp³-hybridized carbons (Fsp3) is 0.350. The van der Waals surface area contributed by atoms with Crippen LogP contribution in [0.25, 0.3) is 0 Å². The minimum atomic E-state index is -3.82. The highest BCUT2D eigenvalue weighted by atomic mass is 32.2. The summed E-state index contributed by atoms with van der Waals surface area (Å²) in [6, 6.07) is 15.5. The molecule has 0 bridgehead atoms.